The molecule has 0 aliphatic carbocycles. The Morgan fingerprint density at radius 2 is 2.11 bits per heavy atom. The molecule has 1 heterocycles. The molecule has 0 bridgehead atoms. The fourth-order valence-electron chi connectivity index (χ4n) is 1.54. The highest BCUT2D eigenvalue weighted by molar-refractivity contribution is 5.71. The molecule has 6 heteroatoms. The Labute approximate surface area is 105 Å². The number of hydrazine groups is 2. The molecule has 0 saturated carbocycles. The lowest BCUT2D eigenvalue weighted by Crippen LogP contribution is -2.42. The van der Waals surface area contributed by atoms with Crippen molar-refractivity contribution in [2.75, 3.05) is 5.01 Å². The maximum atomic E-state index is 10.7. The summed E-state index contributed by atoms with van der Waals surface area (Å²) in [6, 6.07) is 7.84. The largest absolute Gasteiger partial charge is 0.479 e. The third-order valence-electron chi connectivity index (χ3n) is 2.55. The lowest BCUT2D eigenvalue weighted by molar-refractivity contribution is -0.201. The number of carboxylic acid groups (broad SMARTS) is 1. The molecule has 0 radical (unpaired) electrons. The number of nitrogens with zero attached hydrogens (tertiary/aromatic N) is 2. The first-order chi connectivity index (χ1) is 8.58. The highest BCUT2D eigenvalue weighted by Crippen LogP contribution is 2.20. The molecule has 2 rings (SSSR count). The first-order valence-electron chi connectivity index (χ1n) is 5.56. The second-order valence-corrected chi connectivity index (χ2v) is 3.97. The number of carboxylic acids is 1. The zero-order valence-corrected chi connectivity index (χ0v) is 10.2. The van der Waals surface area contributed by atoms with Crippen LogP contribution in [0, 0.1) is 6.92 Å². The number of hydrogen-bond donors (Lipinski definition) is 2. The molecule has 2 N–H and O–H groups in total. The third kappa shape index (κ3) is 2.61. The van der Waals surface area contributed by atoms with E-state index < -0.39 is 12.1 Å². The van der Waals surface area contributed by atoms with Crippen molar-refractivity contribution in [3.8, 4) is 0 Å². The molecule has 1 aromatic rings. The van der Waals surface area contributed by atoms with Crippen LogP contribution in [0.25, 0.3) is 0 Å². The molecular weight excluding hydrogens is 234 g/mol. The van der Waals surface area contributed by atoms with Crippen LogP contribution in [-0.4, -0.2) is 22.4 Å². The van der Waals surface area contributed by atoms with Gasteiger partial charge < -0.3 is 5.11 Å². The molecule has 1 unspecified atom stereocenters. The van der Waals surface area contributed by atoms with Crippen LogP contribution < -0.4 is 10.5 Å². The van der Waals surface area contributed by atoms with Crippen LogP contribution in [0.5, 0.6) is 0 Å². The normalized spacial score (nSPS) is 16.1. The van der Waals surface area contributed by atoms with E-state index in [2.05, 4.69) is 5.53 Å². The number of anilines is 1. The number of para-hydroxylation sites is 1. The average molecular weight is 249 g/mol. The topological polar surface area (TPSA) is 65.0 Å². The van der Waals surface area contributed by atoms with Crippen molar-refractivity contribution in [1.29, 1.82) is 0 Å². The molecule has 18 heavy (non-hydrogen) atoms. The van der Waals surface area contributed by atoms with Gasteiger partial charge in [-0.15, -0.1) is 5.53 Å². The van der Waals surface area contributed by atoms with Crippen LogP contribution in [0.2, 0.25) is 0 Å². The number of hydrogen-bond acceptors (Lipinski definition) is 5. The van der Waals surface area contributed by atoms with Crippen molar-refractivity contribution in [1.82, 2.24) is 10.7 Å². The second-order valence-electron chi connectivity index (χ2n) is 3.97. The molecule has 1 atom stereocenters. The van der Waals surface area contributed by atoms with Crippen molar-refractivity contribution in [3.63, 3.8) is 0 Å². The van der Waals surface area contributed by atoms with E-state index in [-0.39, 0.29) is 0 Å². The van der Waals surface area contributed by atoms with Gasteiger partial charge in [0.1, 0.15) is 0 Å². The lowest BCUT2D eigenvalue weighted by atomic mass is 10.2. The van der Waals surface area contributed by atoms with Gasteiger partial charge in [0, 0.05) is 6.20 Å². The second kappa shape index (κ2) is 5.07. The van der Waals surface area contributed by atoms with Gasteiger partial charge in [-0.2, -0.15) is 5.17 Å². The Morgan fingerprint density at radius 3 is 2.78 bits per heavy atom. The van der Waals surface area contributed by atoms with Gasteiger partial charge in [0.15, 0.2) is 6.10 Å². The minimum atomic E-state index is -1.01. The number of aryl methyl sites for hydroxylation is 1. The minimum absolute atomic E-state index is 0.918. The van der Waals surface area contributed by atoms with E-state index >= 15 is 0 Å². The molecule has 1 aliphatic rings. The molecule has 0 amide bonds. The van der Waals surface area contributed by atoms with E-state index in [9.17, 15) is 4.79 Å². The Morgan fingerprint density at radius 1 is 1.39 bits per heavy atom. The summed E-state index contributed by atoms with van der Waals surface area (Å²) in [5.41, 5.74) is 4.98. The maximum absolute atomic E-state index is 10.7. The lowest BCUT2D eigenvalue weighted by Gasteiger charge is -2.24. The number of nitrogens with one attached hydrogen (secondary N) is 1. The van der Waals surface area contributed by atoms with Crippen LogP contribution >= 0.6 is 0 Å². The average Bonchev–Trinajstić information content (AvgIpc) is 2.77. The summed E-state index contributed by atoms with van der Waals surface area (Å²) >= 11 is 0. The number of carbonyl (C=O) groups is 1. The minimum Gasteiger partial charge on any atom is -0.479 e. The summed E-state index contributed by atoms with van der Waals surface area (Å²) in [4.78, 5) is 15.8. The first-order valence-corrected chi connectivity index (χ1v) is 5.56. The van der Waals surface area contributed by atoms with Crippen LogP contribution in [0.15, 0.2) is 36.7 Å². The van der Waals surface area contributed by atoms with E-state index in [1.165, 1.54) is 12.1 Å². The highest BCUT2D eigenvalue weighted by Gasteiger charge is 2.20. The summed E-state index contributed by atoms with van der Waals surface area (Å²) in [6.45, 7) is 3.46. The first kappa shape index (κ1) is 12.4. The van der Waals surface area contributed by atoms with E-state index in [0.717, 1.165) is 11.3 Å². The molecule has 1 aliphatic heterocycles. The Hall–Kier alpha value is -2.05. The van der Waals surface area contributed by atoms with Crippen molar-refractivity contribution in [2.24, 2.45) is 0 Å². The fourth-order valence-corrected chi connectivity index (χ4v) is 1.54. The number of benzene rings is 1. The number of aliphatic carboxylic acids is 1. The van der Waals surface area contributed by atoms with Gasteiger partial charge in [0.05, 0.1) is 11.9 Å². The highest BCUT2D eigenvalue weighted by atomic mass is 16.7. The Bertz CT molecular complexity index is 475. The summed E-state index contributed by atoms with van der Waals surface area (Å²) in [6.07, 6.45) is 2.46. The van der Waals surface area contributed by atoms with Gasteiger partial charge in [0.2, 0.25) is 0 Å². The summed E-state index contributed by atoms with van der Waals surface area (Å²) < 4.78 is 0. The number of hydroxylamine groups is 1. The van der Waals surface area contributed by atoms with Crippen molar-refractivity contribution in [3.05, 3.63) is 42.2 Å². The molecule has 0 saturated heterocycles. The zero-order valence-electron chi connectivity index (χ0n) is 10.2. The molecule has 0 aromatic heterocycles. The van der Waals surface area contributed by atoms with E-state index in [1.807, 2.05) is 31.2 Å². The predicted molar refractivity (Wildman–Crippen MR) is 66.0 cm³/mol. The predicted octanol–water partition coefficient (Wildman–Crippen LogP) is 1.41. The summed E-state index contributed by atoms with van der Waals surface area (Å²) in [5, 5.41) is 11.8. The van der Waals surface area contributed by atoms with Crippen LogP contribution in [0.4, 0.5) is 5.69 Å². The Balaban J connectivity index is 2.00. The Kier molecular flexibility index (Phi) is 3.50. The quantitative estimate of drug-likeness (QED) is 0.841. The van der Waals surface area contributed by atoms with Crippen molar-refractivity contribution in [2.45, 2.75) is 20.0 Å². The fraction of sp³-hybridized carbons (Fsp3) is 0.250. The number of rotatable bonds is 4. The monoisotopic (exact) mass is 249 g/mol. The van der Waals surface area contributed by atoms with Gasteiger partial charge in [-0.05, 0) is 25.5 Å². The maximum Gasteiger partial charge on any atom is 0.335 e. The summed E-state index contributed by atoms with van der Waals surface area (Å²) in [5.74, 6) is -1.01. The molecular formula is C12H15N3O3. The van der Waals surface area contributed by atoms with Gasteiger partial charge in [0.25, 0.3) is 0 Å². The molecule has 0 fully saturated rings. The molecule has 0 spiro atoms. The van der Waals surface area contributed by atoms with E-state index in [1.54, 1.807) is 17.4 Å². The van der Waals surface area contributed by atoms with Gasteiger partial charge >= 0.3 is 5.97 Å². The van der Waals surface area contributed by atoms with Crippen LogP contribution in [0.1, 0.15) is 12.5 Å². The van der Waals surface area contributed by atoms with Crippen molar-refractivity contribution < 1.29 is 14.7 Å². The third-order valence-corrected chi connectivity index (χ3v) is 2.55. The van der Waals surface area contributed by atoms with Gasteiger partial charge in [-0.1, -0.05) is 18.2 Å². The van der Waals surface area contributed by atoms with Gasteiger partial charge in [-0.3, -0.25) is 5.01 Å². The van der Waals surface area contributed by atoms with E-state index in [0.29, 0.717) is 0 Å². The molecule has 6 nitrogen and oxygen atoms in total. The SMILES string of the molecule is Cc1ccccc1N1C=CN(OC(C)C(=O)O)N1. The molecule has 1 aromatic carbocycles. The standard InChI is InChI=1S/C12H15N3O3/c1-9-5-3-4-6-11(9)14-7-8-15(13-14)18-10(2)12(16)17/h3-8,10,13H,1-2H3,(H,16,17). The van der Waals surface area contributed by atoms with Crippen molar-refractivity contribution >= 4 is 11.7 Å². The van der Waals surface area contributed by atoms with Crippen LogP contribution in [0.3, 0.4) is 0 Å². The molecule has 96 valence electrons. The van der Waals surface area contributed by atoms with Crippen LogP contribution in [-0.2, 0) is 9.63 Å². The zero-order chi connectivity index (χ0) is 13.1. The van der Waals surface area contributed by atoms with E-state index in [4.69, 9.17) is 9.94 Å². The van der Waals surface area contributed by atoms with Gasteiger partial charge in [-0.25, -0.2) is 9.63 Å². The summed E-state index contributed by atoms with van der Waals surface area (Å²) in [7, 11) is 0. The smallest absolute Gasteiger partial charge is 0.335 e.